The Hall–Kier alpha value is -2.48. The predicted molar refractivity (Wildman–Crippen MR) is 138 cm³/mol. The number of nitro groups is 1. The van der Waals surface area contributed by atoms with Crippen molar-refractivity contribution in [3.05, 3.63) is 64.2 Å². The summed E-state index contributed by atoms with van der Waals surface area (Å²) in [5.74, 6) is -1.77. The highest BCUT2D eigenvalue weighted by atomic mass is 32.3. The third-order valence-electron chi connectivity index (χ3n) is 5.37. The van der Waals surface area contributed by atoms with Gasteiger partial charge >= 0.3 is 0 Å². The first-order valence-corrected chi connectivity index (χ1v) is 14.6. The molecule has 1 aliphatic rings. The minimum absolute atomic E-state index is 0.000583. The van der Waals surface area contributed by atoms with Crippen molar-refractivity contribution in [3.63, 3.8) is 0 Å². The Morgan fingerprint density at radius 3 is 2.00 bits per heavy atom. The molecule has 2 aromatic rings. The molecule has 2 aromatic carbocycles. The smallest absolute Gasteiger partial charge is 0.290 e. The lowest BCUT2D eigenvalue weighted by atomic mass is 9.82. The van der Waals surface area contributed by atoms with E-state index in [9.17, 15) is 27.3 Å². The van der Waals surface area contributed by atoms with Crippen LogP contribution in [-0.4, -0.2) is 49.5 Å². The molecule has 0 radical (unpaired) electrons. The summed E-state index contributed by atoms with van der Waals surface area (Å²) >= 11 is 0. The summed E-state index contributed by atoms with van der Waals surface area (Å²) in [6, 6.07) is 7.16. The fourth-order valence-electron chi connectivity index (χ4n) is 4.45. The first-order valence-electron chi connectivity index (χ1n) is 11.6. The van der Waals surface area contributed by atoms with Gasteiger partial charge in [-0.15, -0.1) is 3.77 Å². The van der Waals surface area contributed by atoms with E-state index in [1.165, 1.54) is 0 Å². The number of nitro benzene ring substituents is 1. The molecule has 3 rings (SSSR count). The minimum Gasteiger partial charge on any atom is -0.379 e. The number of benzene rings is 2. The van der Waals surface area contributed by atoms with E-state index in [4.69, 9.17) is 9.10 Å². The van der Waals surface area contributed by atoms with Crippen molar-refractivity contribution < 1.29 is 26.9 Å². The van der Waals surface area contributed by atoms with E-state index in [0.717, 1.165) is 36.4 Å². The molecule has 0 bridgehead atoms. The molecule has 0 N–H and O–H groups in total. The van der Waals surface area contributed by atoms with E-state index < -0.39 is 41.9 Å². The average molecular weight is 559 g/mol. The molecule has 1 fully saturated rings. The highest BCUT2D eigenvalue weighted by Crippen LogP contribution is 2.36. The Morgan fingerprint density at radius 2 is 1.51 bits per heavy atom. The lowest BCUT2D eigenvalue weighted by molar-refractivity contribution is -0.384. The first kappa shape index (κ1) is 29.1. The van der Waals surface area contributed by atoms with Gasteiger partial charge in [0, 0.05) is 46.0 Å². The number of sulfonamides is 1. The van der Waals surface area contributed by atoms with E-state index in [2.05, 4.69) is 3.77 Å². The van der Waals surface area contributed by atoms with Crippen LogP contribution in [0.2, 0.25) is 0 Å². The second-order valence-corrected chi connectivity index (χ2v) is 14.8. The van der Waals surface area contributed by atoms with Gasteiger partial charge in [-0.3, -0.25) is 10.1 Å². The Balaban J connectivity index is 2.43. The van der Waals surface area contributed by atoms with Gasteiger partial charge in [-0.1, -0.05) is 20.8 Å². The summed E-state index contributed by atoms with van der Waals surface area (Å²) in [5.41, 5.74) is -1.33. The second-order valence-electron chi connectivity index (χ2n) is 10.6. The quantitative estimate of drug-likeness (QED) is 0.323. The Labute approximate surface area is 217 Å². The number of morpholine rings is 1. The van der Waals surface area contributed by atoms with Crippen molar-refractivity contribution in [2.75, 3.05) is 26.3 Å². The zero-order chi connectivity index (χ0) is 27.6. The minimum atomic E-state index is -4.48. The van der Waals surface area contributed by atoms with Crippen LogP contribution in [0.15, 0.2) is 60.4 Å². The lowest BCUT2D eigenvalue weighted by Gasteiger charge is -2.37. The van der Waals surface area contributed by atoms with Gasteiger partial charge in [0.25, 0.3) is 15.7 Å². The highest BCUT2D eigenvalue weighted by Gasteiger charge is 2.33. The van der Waals surface area contributed by atoms with E-state index in [1.807, 2.05) is 34.6 Å². The van der Waals surface area contributed by atoms with Crippen LogP contribution in [0.1, 0.15) is 41.0 Å². The second kappa shape index (κ2) is 10.7. The molecule has 1 atom stereocenters. The first-order chi connectivity index (χ1) is 17.0. The van der Waals surface area contributed by atoms with Crippen LogP contribution >= 0.6 is 0 Å². The molecule has 9 nitrogen and oxygen atoms in total. The summed E-state index contributed by atoms with van der Waals surface area (Å²) < 4.78 is 73.0. The molecule has 1 aliphatic heterocycles. The number of non-ortho nitro benzene ring substituents is 1. The highest BCUT2D eigenvalue weighted by molar-refractivity contribution is 8.03. The average Bonchev–Trinajstić information content (AvgIpc) is 2.76. The number of rotatable bonds is 7. The van der Waals surface area contributed by atoms with Crippen LogP contribution in [0.25, 0.3) is 0 Å². The zero-order valence-corrected chi connectivity index (χ0v) is 23.1. The van der Waals surface area contributed by atoms with Gasteiger partial charge in [-0.2, -0.15) is 8.42 Å². The van der Waals surface area contributed by atoms with E-state index in [1.54, 1.807) is 4.31 Å². The molecule has 1 unspecified atom stereocenters. The van der Waals surface area contributed by atoms with Gasteiger partial charge in [0.2, 0.25) is 0 Å². The largest absolute Gasteiger partial charge is 0.379 e. The maximum atomic E-state index is 14.5. The summed E-state index contributed by atoms with van der Waals surface area (Å²) in [6.45, 7) is 10.7. The van der Waals surface area contributed by atoms with E-state index >= 15 is 0 Å². The molecular weight excluding hydrogens is 526 g/mol. The van der Waals surface area contributed by atoms with Crippen LogP contribution in [0.5, 0.6) is 0 Å². The predicted octanol–water partition coefficient (Wildman–Crippen LogP) is 5.60. The van der Waals surface area contributed by atoms with Crippen LogP contribution in [0, 0.1) is 27.2 Å². The van der Waals surface area contributed by atoms with E-state index in [-0.39, 0.29) is 47.2 Å². The fourth-order valence-corrected chi connectivity index (χ4v) is 9.69. The number of ether oxygens (including phenoxy) is 1. The van der Waals surface area contributed by atoms with Gasteiger partial charge < -0.3 is 4.74 Å². The number of nitrogens with zero attached hydrogens (tertiary/aromatic N) is 4. The molecule has 13 heteroatoms. The van der Waals surface area contributed by atoms with Crippen LogP contribution < -0.4 is 0 Å². The molecule has 204 valence electrons. The molecule has 37 heavy (non-hydrogen) atoms. The molecule has 0 saturated carbocycles. The van der Waals surface area contributed by atoms with E-state index in [0.29, 0.717) is 12.5 Å². The SMILES string of the molecule is CC(C)(C)CC(C)(C)N=S(=NS(=O)(=O)c1ccc([N+](=O)[O-])cc1)(c1cc(F)cc(F)c1)N1CCOCC1. The van der Waals surface area contributed by atoms with Gasteiger partial charge in [0.15, 0.2) is 0 Å². The Bertz CT molecular complexity index is 1370. The maximum absolute atomic E-state index is 14.5. The molecule has 0 spiro atoms. The molecule has 1 saturated heterocycles. The molecule has 1 heterocycles. The van der Waals surface area contributed by atoms with Crippen molar-refractivity contribution >= 4 is 25.5 Å². The fraction of sp³-hybridized carbons (Fsp3) is 0.500. The van der Waals surface area contributed by atoms with Gasteiger partial charge in [0.1, 0.15) is 11.6 Å². The normalized spacial score (nSPS) is 17.2. The van der Waals surface area contributed by atoms with Crippen molar-refractivity contribution in [3.8, 4) is 0 Å². The number of hydrogen-bond donors (Lipinski definition) is 0. The third-order valence-corrected chi connectivity index (χ3v) is 10.6. The summed E-state index contributed by atoms with van der Waals surface area (Å²) in [4.78, 5) is 10.1. The Morgan fingerprint density at radius 1 is 0.973 bits per heavy atom. The van der Waals surface area contributed by atoms with Gasteiger partial charge in [-0.25, -0.2) is 17.4 Å². The van der Waals surface area contributed by atoms with Crippen LogP contribution in [0.3, 0.4) is 0 Å². The van der Waals surface area contributed by atoms with Crippen molar-refractivity contribution in [1.29, 1.82) is 0 Å². The summed E-state index contributed by atoms with van der Waals surface area (Å²) in [6.07, 6.45) is 0.532. The standard InChI is InChI=1S/C24H32F2N4O5S2/c1-23(2,3)17-24(4,5)27-36(29-10-12-35-13-11-29,22-15-18(25)14-19(26)16-22)28-37(33,34)21-8-6-20(7-9-21)30(31)32/h6-9,14-16H,10-13,17H2,1-5H3. The van der Waals surface area contributed by atoms with Crippen molar-refractivity contribution in [2.24, 2.45) is 13.5 Å². The Kier molecular flexibility index (Phi) is 8.42. The number of halogens is 2. The maximum Gasteiger partial charge on any atom is 0.290 e. The van der Waals surface area contributed by atoms with Crippen molar-refractivity contribution in [2.45, 2.75) is 56.4 Å². The molecule has 0 amide bonds. The van der Waals surface area contributed by atoms with Gasteiger partial charge in [0.05, 0.1) is 28.6 Å². The van der Waals surface area contributed by atoms with Crippen LogP contribution in [0.4, 0.5) is 14.5 Å². The number of hydrogen-bond acceptors (Lipinski definition) is 6. The third kappa shape index (κ3) is 7.30. The lowest BCUT2D eigenvalue weighted by Crippen LogP contribution is -2.42. The monoisotopic (exact) mass is 558 g/mol. The zero-order valence-electron chi connectivity index (χ0n) is 21.5. The molecular formula is C24H32F2N4O5S2. The van der Waals surface area contributed by atoms with Crippen molar-refractivity contribution in [1.82, 2.24) is 4.31 Å². The topological polar surface area (TPSA) is 114 Å². The van der Waals surface area contributed by atoms with Crippen LogP contribution in [-0.2, 0) is 24.6 Å². The summed E-state index contributed by atoms with van der Waals surface area (Å²) in [5, 5.41) is 11.0. The molecule has 0 aromatic heterocycles. The summed E-state index contributed by atoms with van der Waals surface area (Å²) in [7, 11) is -7.76. The molecule has 0 aliphatic carbocycles. The van der Waals surface area contributed by atoms with Gasteiger partial charge in [-0.05, 0) is 49.9 Å².